The predicted molar refractivity (Wildman–Crippen MR) is 63.2 cm³/mol. The lowest BCUT2D eigenvalue weighted by Crippen LogP contribution is -2.31. The molecule has 0 aliphatic carbocycles. The number of aromatic nitrogens is 2. The molecule has 1 aromatic rings. The molecule has 0 saturated heterocycles. The second kappa shape index (κ2) is 5.12. The lowest BCUT2D eigenvalue weighted by molar-refractivity contribution is 0.0791. The van der Waals surface area contributed by atoms with E-state index in [1.807, 2.05) is 20.9 Å². The molecule has 90 valence electrons. The van der Waals surface area contributed by atoms with E-state index in [0.29, 0.717) is 12.1 Å². The number of aryl methyl sites for hydroxylation is 1. The van der Waals surface area contributed by atoms with Gasteiger partial charge in [0.2, 0.25) is 0 Å². The predicted octanol–water partition coefficient (Wildman–Crippen LogP) is 0.538. The molecule has 0 saturated carbocycles. The van der Waals surface area contributed by atoms with E-state index in [1.54, 1.807) is 22.8 Å². The van der Waals surface area contributed by atoms with Gasteiger partial charge in [-0.2, -0.15) is 5.10 Å². The first kappa shape index (κ1) is 12.7. The second-order valence-electron chi connectivity index (χ2n) is 4.26. The lowest BCUT2D eigenvalue weighted by atomic mass is 10.2. The minimum absolute atomic E-state index is 0.00579. The molecule has 0 spiro atoms. The summed E-state index contributed by atoms with van der Waals surface area (Å²) in [6.45, 7) is 4.50. The van der Waals surface area contributed by atoms with Crippen LogP contribution in [0.4, 0.5) is 0 Å². The van der Waals surface area contributed by atoms with E-state index in [0.717, 1.165) is 12.1 Å². The largest absolute Gasteiger partial charge is 0.342 e. The fraction of sp³-hybridized carbons (Fsp3) is 0.636. The normalized spacial score (nSPS) is 12.6. The third kappa shape index (κ3) is 2.82. The Morgan fingerprint density at radius 3 is 2.75 bits per heavy atom. The highest BCUT2D eigenvalue weighted by atomic mass is 16.2. The molecule has 2 N–H and O–H groups in total. The zero-order valence-corrected chi connectivity index (χ0v) is 10.4. The Hall–Kier alpha value is -1.36. The Labute approximate surface area is 96.2 Å². The van der Waals surface area contributed by atoms with Crippen LogP contribution >= 0.6 is 0 Å². The van der Waals surface area contributed by atoms with Crippen molar-refractivity contribution in [2.24, 2.45) is 12.8 Å². The number of nitrogens with zero attached hydrogens (tertiary/aromatic N) is 3. The number of nitrogens with two attached hydrogens (primary N) is 1. The molecule has 1 heterocycles. The molecule has 0 radical (unpaired) electrons. The lowest BCUT2D eigenvalue weighted by Gasteiger charge is -2.17. The summed E-state index contributed by atoms with van der Waals surface area (Å²) in [6, 6.07) is 0.116. The molecule has 0 aliphatic rings. The summed E-state index contributed by atoms with van der Waals surface area (Å²) in [7, 11) is 3.62. The van der Waals surface area contributed by atoms with Gasteiger partial charge in [0.1, 0.15) is 0 Å². The summed E-state index contributed by atoms with van der Waals surface area (Å²) in [5, 5.41) is 4.06. The number of hydrogen-bond donors (Lipinski definition) is 1. The van der Waals surface area contributed by atoms with Gasteiger partial charge in [-0.1, -0.05) is 0 Å². The van der Waals surface area contributed by atoms with E-state index in [9.17, 15) is 4.79 Å². The van der Waals surface area contributed by atoms with Crippen LogP contribution in [0.25, 0.3) is 0 Å². The molecule has 1 rings (SSSR count). The smallest absolute Gasteiger partial charge is 0.257 e. The summed E-state index contributed by atoms with van der Waals surface area (Å²) in [5.74, 6) is 0.00579. The summed E-state index contributed by atoms with van der Waals surface area (Å²) >= 11 is 0. The van der Waals surface area contributed by atoms with Crippen molar-refractivity contribution in [3.63, 3.8) is 0 Å². The minimum Gasteiger partial charge on any atom is -0.342 e. The Balaban J connectivity index is 2.67. The van der Waals surface area contributed by atoms with Crippen LogP contribution in [-0.2, 0) is 7.05 Å². The van der Waals surface area contributed by atoms with Crippen LogP contribution < -0.4 is 5.73 Å². The van der Waals surface area contributed by atoms with Gasteiger partial charge in [0, 0.05) is 32.4 Å². The van der Waals surface area contributed by atoms with E-state index >= 15 is 0 Å². The monoisotopic (exact) mass is 224 g/mol. The van der Waals surface area contributed by atoms with E-state index in [2.05, 4.69) is 5.10 Å². The molecule has 0 aliphatic heterocycles. The Morgan fingerprint density at radius 1 is 1.69 bits per heavy atom. The van der Waals surface area contributed by atoms with Crippen molar-refractivity contribution >= 4 is 5.91 Å². The molecule has 1 amide bonds. The van der Waals surface area contributed by atoms with Crippen molar-refractivity contribution in [1.82, 2.24) is 14.7 Å². The number of hydrogen-bond acceptors (Lipinski definition) is 3. The molecule has 0 fully saturated rings. The maximum absolute atomic E-state index is 12.0. The van der Waals surface area contributed by atoms with Gasteiger partial charge in [-0.3, -0.25) is 9.48 Å². The average Bonchev–Trinajstić information content (AvgIpc) is 2.55. The third-order valence-corrected chi connectivity index (χ3v) is 2.73. The van der Waals surface area contributed by atoms with Crippen LogP contribution in [0.1, 0.15) is 29.4 Å². The summed E-state index contributed by atoms with van der Waals surface area (Å²) in [4.78, 5) is 13.7. The van der Waals surface area contributed by atoms with Gasteiger partial charge in [-0.05, 0) is 20.3 Å². The van der Waals surface area contributed by atoms with E-state index in [1.165, 1.54) is 0 Å². The van der Waals surface area contributed by atoms with Crippen molar-refractivity contribution in [3.05, 3.63) is 17.5 Å². The van der Waals surface area contributed by atoms with E-state index in [-0.39, 0.29) is 11.9 Å². The van der Waals surface area contributed by atoms with Crippen LogP contribution in [0.3, 0.4) is 0 Å². The fourth-order valence-electron chi connectivity index (χ4n) is 1.41. The first-order valence-corrected chi connectivity index (χ1v) is 5.43. The zero-order valence-electron chi connectivity index (χ0n) is 10.4. The van der Waals surface area contributed by atoms with Crippen LogP contribution in [-0.4, -0.2) is 40.2 Å². The second-order valence-corrected chi connectivity index (χ2v) is 4.26. The number of carbonyl (C=O) groups excluding carboxylic acids is 1. The molecule has 1 aromatic heterocycles. The summed E-state index contributed by atoms with van der Waals surface area (Å²) < 4.78 is 1.70. The molecule has 0 bridgehead atoms. The Kier molecular flexibility index (Phi) is 4.06. The van der Waals surface area contributed by atoms with Gasteiger partial charge in [-0.25, -0.2) is 0 Å². The highest BCUT2D eigenvalue weighted by Crippen LogP contribution is 2.09. The van der Waals surface area contributed by atoms with E-state index < -0.39 is 0 Å². The SMILES string of the molecule is Cc1c(C(=O)N(C)CCC(C)N)cnn1C. The minimum atomic E-state index is 0.00579. The van der Waals surface area contributed by atoms with Crippen LogP contribution in [0, 0.1) is 6.92 Å². The Bertz CT molecular complexity index is 370. The molecule has 1 unspecified atom stereocenters. The molecule has 5 heteroatoms. The van der Waals surface area contributed by atoms with Crippen molar-refractivity contribution in [3.8, 4) is 0 Å². The maximum atomic E-state index is 12.0. The van der Waals surface area contributed by atoms with Crippen LogP contribution in [0.2, 0.25) is 0 Å². The van der Waals surface area contributed by atoms with E-state index in [4.69, 9.17) is 5.73 Å². The van der Waals surface area contributed by atoms with Gasteiger partial charge in [-0.15, -0.1) is 0 Å². The molecule has 0 aromatic carbocycles. The molecular formula is C11H20N4O. The van der Waals surface area contributed by atoms with Gasteiger partial charge in [0.15, 0.2) is 0 Å². The van der Waals surface area contributed by atoms with Gasteiger partial charge in [0.05, 0.1) is 11.8 Å². The number of amides is 1. The standard InChI is InChI=1S/C11H20N4O/c1-8(12)5-6-14(3)11(16)10-7-13-15(4)9(10)2/h7-8H,5-6,12H2,1-4H3. The molecule has 5 nitrogen and oxygen atoms in total. The van der Waals surface area contributed by atoms with Crippen molar-refractivity contribution in [1.29, 1.82) is 0 Å². The summed E-state index contributed by atoms with van der Waals surface area (Å²) in [5.41, 5.74) is 7.21. The van der Waals surface area contributed by atoms with Crippen molar-refractivity contribution in [2.75, 3.05) is 13.6 Å². The topological polar surface area (TPSA) is 64.2 Å². The van der Waals surface area contributed by atoms with Gasteiger partial charge >= 0.3 is 0 Å². The van der Waals surface area contributed by atoms with Gasteiger partial charge in [0.25, 0.3) is 5.91 Å². The number of rotatable bonds is 4. The number of carbonyl (C=O) groups is 1. The zero-order chi connectivity index (χ0) is 12.3. The highest BCUT2D eigenvalue weighted by molar-refractivity contribution is 5.94. The molecule has 16 heavy (non-hydrogen) atoms. The quantitative estimate of drug-likeness (QED) is 0.811. The molecular weight excluding hydrogens is 204 g/mol. The van der Waals surface area contributed by atoms with Gasteiger partial charge < -0.3 is 10.6 Å². The first-order valence-electron chi connectivity index (χ1n) is 5.43. The van der Waals surface area contributed by atoms with Crippen LogP contribution in [0.5, 0.6) is 0 Å². The molecule has 1 atom stereocenters. The highest BCUT2D eigenvalue weighted by Gasteiger charge is 2.16. The maximum Gasteiger partial charge on any atom is 0.257 e. The average molecular weight is 224 g/mol. The van der Waals surface area contributed by atoms with Crippen molar-refractivity contribution in [2.45, 2.75) is 26.3 Å². The van der Waals surface area contributed by atoms with Crippen molar-refractivity contribution < 1.29 is 4.79 Å². The first-order chi connectivity index (χ1) is 7.43. The Morgan fingerprint density at radius 2 is 2.31 bits per heavy atom. The third-order valence-electron chi connectivity index (χ3n) is 2.73. The summed E-state index contributed by atoms with van der Waals surface area (Å²) in [6.07, 6.45) is 2.42. The van der Waals surface area contributed by atoms with Crippen LogP contribution in [0.15, 0.2) is 6.20 Å². The fourth-order valence-corrected chi connectivity index (χ4v) is 1.41.